The molecule has 0 bridgehead atoms. The zero-order chi connectivity index (χ0) is 33.7. The van der Waals surface area contributed by atoms with E-state index < -0.39 is 21.0 Å². The van der Waals surface area contributed by atoms with Gasteiger partial charge in [0.1, 0.15) is 0 Å². The van der Waals surface area contributed by atoms with Crippen LogP contribution in [0.4, 0.5) is 5.69 Å². The van der Waals surface area contributed by atoms with E-state index in [0.29, 0.717) is 24.4 Å². The monoisotopic (exact) mass is 749 g/mol. The van der Waals surface area contributed by atoms with Gasteiger partial charge in [-0.2, -0.15) is 4.31 Å². The number of H-pyrrole nitrogens is 1. The molecule has 0 fully saturated rings. The topological polar surface area (TPSA) is 73.5 Å². The Hall–Kier alpha value is -4.02. The lowest BCUT2D eigenvalue weighted by Gasteiger charge is -2.30. The summed E-state index contributed by atoms with van der Waals surface area (Å²) < 4.78 is 45.7. The van der Waals surface area contributed by atoms with E-state index in [0.717, 1.165) is 67.8 Å². The molecule has 6 aromatic rings. The van der Waals surface area contributed by atoms with Crippen molar-refractivity contribution in [3.05, 3.63) is 148 Å². The molecule has 0 aliphatic carbocycles. The van der Waals surface area contributed by atoms with E-state index in [1.807, 2.05) is 59.0 Å². The normalized spacial score (nSPS) is 16.2. The van der Waals surface area contributed by atoms with E-state index in [1.54, 1.807) is 16.4 Å². The summed E-state index contributed by atoms with van der Waals surface area (Å²) >= 11 is 3.51. The van der Waals surface area contributed by atoms with Crippen molar-refractivity contribution in [2.24, 2.45) is 0 Å². The molecule has 0 radical (unpaired) electrons. The molecule has 0 spiro atoms. The highest BCUT2D eigenvalue weighted by atomic mass is 79.9. The van der Waals surface area contributed by atoms with Gasteiger partial charge in [0.05, 0.1) is 15.5 Å². The number of fused-ring (bicyclic) bond motifs is 3. The first kappa shape index (κ1) is 32.2. The van der Waals surface area contributed by atoms with Gasteiger partial charge in [-0.3, -0.25) is 4.31 Å². The number of benzene rings is 5. The average molecular weight is 751 g/mol. The van der Waals surface area contributed by atoms with Crippen LogP contribution in [0.1, 0.15) is 47.1 Å². The van der Waals surface area contributed by atoms with Crippen molar-refractivity contribution in [3.8, 4) is 11.1 Å². The summed E-state index contributed by atoms with van der Waals surface area (Å²) in [7, 11) is -4.97. The zero-order valence-electron chi connectivity index (χ0n) is 27.1. The molecule has 9 heteroatoms. The molecule has 0 saturated heterocycles. The summed E-state index contributed by atoms with van der Waals surface area (Å²) in [6, 6.07) is 36.4. The minimum atomic E-state index is -3.62. The maximum absolute atomic E-state index is 14.0. The zero-order valence-corrected chi connectivity index (χ0v) is 30.3. The van der Waals surface area contributed by atoms with Gasteiger partial charge in [-0.05, 0) is 124 Å². The fourth-order valence-corrected chi connectivity index (χ4v) is 10.2. The largest absolute Gasteiger partial charge is 0.361 e. The van der Waals surface area contributed by atoms with Crippen LogP contribution in [0.3, 0.4) is 0 Å². The quantitative estimate of drug-likeness (QED) is 0.177. The predicted octanol–water partition coefficient (Wildman–Crippen LogP) is 8.97. The Morgan fingerprint density at radius 2 is 1.47 bits per heavy atom. The first-order valence-corrected chi connectivity index (χ1v) is 20.0. The molecule has 0 amide bonds. The van der Waals surface area contributed by atoms with Crippen molar-refractivity contribution >= 4 is 53.5 Å². The number of nitrogens with zero attached hydrogens (tertiary/aromatic N) is 2. The molecule has 1 aromatic heterocycles. The molecule has 3 heterocycles. The molecule has 5 aromatic carbocycles. The Morgan fingerprint density at radius 1 is 0.755 bits per heavy atom. The second-order valence-electron chi connectivity index (χ2n) is 12.9. The van der Waals surface area contributed by atoms with Gasteiger partial charge in [0.2, 0.25) is 10.0 Å². The number of aromatic nitrogens is 1. The number of aryl methyl sites for hydroxylation is 1. The highest BCUT2D eigenvalue weighted by Gasteiger charge is 2.29. The Kier molecular flexibility index (Phi) is 8.56. The highest BCUT2D eigenvalue weighted by molar-refractivity contribution is 9.10. The Balaban J connectivity index is 0.979. The number of rotatable bonds is 7. The molecule has 2 atom stereocenters. The van der Waals surface area contributed by atoms with Crippen LogP contribution in [-0.4, -0.2) is 35.0 Å². The first-order valence-electron chi connectivity index (χ1n) is 16.6. The summed E-state index contributed by atoms with van der Waals surface area (Å²) in [5.74, 6) is 0.0362. The molecular weight excluding hydrogens is 714 g/mol. The van der Waals surface area contributed by atoms with Gasteiger partial charge in [0.25, 0.3) is 0 Å². The lowest BCUT2D eigenvalue weighted by atomic mass is 9.93. The van der Waals surface area contributed by atoms with Crippen molar-refractivity contribution in [1.82, 2.24) is 9.29 Å². The van der Waals surface area contributed by atoms with Crippen molar-refractivity contribution in [3.63, 3.8) is 0 Å². The fraction of sp³-hybridized carbons (Fsp3) is 0.200. The van der Waals surface area contributed by atoms with E-state index in [-0.39, 0.29) is 5.92 Å². The van der Waals surface area contributed by atoms with Gasteiger partial charge in [0.15, 0.2) is 11.0 Å². The first-order chi connectivity index (χ1) is 23.7. The number of sulfonamides is 1. The van der Waals surface area contributed by atoms with Crippen LogP contribution in [0.15, 0.2) is 130 Å². The van der Waals surface area contributed by atoms with Gasteiger partial charge in [0, 0.05) is 41.7 Å². The SMILES string of the molecule is CC(c1ccc(S(=O)N2CCCc3ccc(-c4ccc5[nH]ccc5c4)cc32)cc1)c1ccc(S(=O)(=O)N2CCc3ccc(Br)cc3C2)cc1. The number of hydrogen-bond donors (Lipinski definition) is 1. The lowest BCUT2D eigenvalue weighted by Crippen LogP contribution is -2.35. The van der Waals surface area contributed by atoms with Crippen molar-refractivity contribution in [1.29, 1.82) is 0 Å². The molecule has 49 heavy (non-hydrogen) atoms. The lowest BCUT2D eigenvalue weighted by molar-refractivity contribution is 0.391. The van der Waals surface area contributed by atoms with E-state index in [9.17, 15) is 12.6 Å². The number of nitrogens with one attached hydrogen (secondary N) is 1. The average Bonchev–Trinajstić information content (AvgIpc) is 3.62. The highest BCUT2D eigenvalue weighted by Crippen LogP contribution is 2.36. The molecule has 1 N–H and O–H groups in total. The van der Waals surface area contributed by atoms with Crippen molar-refractivity contribution < 1.29 is 12.6 Å². The molecule has 2 aliphatic rings. The van der Waals surface area contributed by atoms with E-state index >= 15 is 0 Å². The summed E-state index contributed by atoms with van der Waals surface area (Å²) in [6.07, 6.45) is 4.59. The molecule has 2 unspecified atom stereocenters. The molecule has 6 nitrogen and oxygen atoms in total. The molecule has 0 saturated carbocycles. The van der Waals surface area contributed by atoms with Crippen LogP contribution in [0.2, 0.25) is 0 Å². The number of anilines is 1. The van der Waals surface area contributed by atoms with Gasteiger partial charge < -0.3 is 4.98 Å². The van der Waals surface area contributed by atoms with Crippen LogP contribution in [0, 0.1) is 0 Å². The fourth-order valence-electron chi connectivity index (χ4n) is 7.10. The van der Waals surface area contributed by atoms with Crippen LogP contribution in [0.25, 0.3) is 22.0 Å². The van der Waals surface area contributed by atoms with Crippen LogP contribution in [0.5, 0.6) is 0 Å². The van der Waals surface area contributed by atoms with Crippen molar-refractivity contribution in [2.45, 2.75) is 48.4 Å². The summed E-state index contributed by atoms with van der Waals surface area (Å²) in [6.45, 7) is 3.69. The second kappa shape index (κ2) is 13.0. The van der Waals surface area contributed by atoms with Crippen LogP contribution >= 0.6 is 15.9 Å². The smallest absolute Gasteiger partial charge is 0.243 e. The van der Waals surface area contributed by atoms with Gasteiger partial charge in [-0.25, -0.2) is 12.6 Å². The van der Waals surface area contributed by atoms with Gasteiger partial charge in [-0.15, -0.1) is 0 Å². The molecule has 8 rings (SSSR count). The third-order valence-corrected chi connectivity index (χ3v) is 13.8. The maximum Gasteiger partial charge on any atom is 0.243 e. The second-order valence-corrected chi connectivity index (χ2v) is 17.2. The summed E-state index contributed by atoms with van der Waals surface area (Å²) in [5, 5.41) is 1.17. The third-order valence-electron chi connectivity index (χ3n) is 9.99. The maximum atomic E-state index is 14.0. The van der Waals surface area contributed by atoms with E-state index in [2.05, 4.69) is 76.4 Å². The standard InChI is InChI=1S/C40H36BrN3O3S2/c1-27(29-9-15-38(16-10-29)49(46,47)43-22-19-30-6-12-36(41)24-35(30)26-43)28-7-13-37(14-8-28)48(45)44-21-2-3-31-4-5-33(25-40(31)44)32-11-17-39-34(23-32)18-20-42-39/h4-18,20,23-25,27,42H,2-3,19,21-22,26H2,1H3. The summed E-state index contributed by atoms with van der Waals surface area (Å²) in [5.41, 5.74) is 9.96. The molecule has 2 aliphatic heterocycles. The predicted molar refractivity (Wildman–Crippen MR) is 202 cm³/mol. The minimum absolute atomic E-state index is 0.0362. The van der Waals surface area contributed by atoms with Crippen LogP contribution < -0.4 is 4.31 Å². The number of hydrogen-bond acceptors (Lipinski definition) is 3. The van der Waals surface area contributed by atoms with Gasteiger partial charge in [-0.1, -0.05) is 71.4 Å². The molecule has 248 valence electrons. The minimum Gasteiger partial charge on any atom is -0.361 e. The molecular formula is C40H36BrN3O3S2. The number of aromatic amines is 1. The number of halogens is 1. The third kappa shape index (κ3) is 6.18. The summed E-state index contributed by atoms with van der Waals surface area (Å²) in [4.78, 5) is 4.33. The Labute approximate surface area is 298 Å². The Bertz CT molecular complexity index is 2320. The van der Waals surface area contributed by atoms with Crippen LogP contribution in [-0.2, 0) is 40.4 Å². The van der Waals surface area contributed by atoms with Gasteiger partial charge >= 0.3 is 0 Å². The van der Waals surface area contributed by atoms with E-state index in [4.69, 9.17) is 0 Å². The van der Waals surface area contributed by atoms with E-state index in [1.165, 1.54) is 16.5 Å². The Morgan fingerprint density at radius 3 is 2.27 bits per heavy atom. The van der Waals surface area contributed by atoms with Crippen molar-refractivity contribution in [2.75, 3.05) is 17.4 Å².